The van der Waals surface area contributed by atoms with E-state index in [0.29, 0.717) is 6.54 Å². The Labute approximate surface area is 143 Å². The van der Waals surface area contributed by atoms with Crippen LogP contribution in [0.25, 0.3) is 0 Å². The zero-order valence-electron chi connectivity index (χ0n) is 13.6. The van der Waals surface area contributed by atoms with Gasteiger partial charge in [0.1, 0.15) is 0 Å². The molecule has 4 heteroatoms. The number of nitrogens with one attached hydrogen (secondary N) is 2. The lowest BCUT2D eigenvalue weighted by atomic mass is 9.94. The van der Waals surface area contributed by atoms with E-state index in [-0.39, 0.29) is 24.4 Å². The van der Waals surface area contributed by atoms with E-state index in [9.17, 15) is 4.79 Å². The summed E-state index contributed by atoms with van der Waals surface area (Å²) in [5, 5.41) is 6.59. The second-order valence-corrected chi connectivity index (χ2v) is 5.93. The van der Waals surface area contributed by atoms with Crippen molar-refractivity contribution in [1.82, 2.24) is 10.6 Å². The highest BCUT2D eigenvalue weighted by atomic mass is 35.5. The Kier molecular flexibility index (Phi) is 5.80. The van der Waals surface area contributed by atoms with E-state index in [2.05, 4.69) is 34.9 Å². The molecule has 2 aromatic carbocycles. The molecular formula is C19H23ClN2O. The molecule has 1 atom stereocenters. The van der Waals surface area contributed by atoms with E-state index in [1.54, 1.807) is 0 Å². The molecule has 1 amide bonds. The molecule has 0 aliphatic carbocycles. The van der Waals surface area contributed by atoms with Crippen molar-refractivity contribution < 1.29 is 4.79 Å². The molecule has 2 N–H and O–H groups in total. The monoisotopic (exact) mass is 330 g/mol. The number of carbonyl (C=O) groups is 1. The maximum atomic E-state index is 12.5. The van der Waals surface area contributed by atoms with Crippen LogP contribution in [0, 0.1) is 13.8 Å². The lowest BCUT2D eigenvalue weighted by Gasteiger charge is -2.27. The van der Waals surface area contributed by atoms with Gasteiger partial charge >= 0.3 is 0 Å². The third-order valence-corrected chi connectivity index (χ3v) is 4.39. The van der Waals surface area contributed by atoms with Crippen LogP contribution in [0.2, 0.25) is 0 Å². The maximum Gasteiger partial charge on any atom is 0.251 e. The van der Waals surface area contributed by atoms with Crippen LogP contribution in [0.15, 0.2) is 42.5 Å². The zero-order chi connectivity index (χ0) is 15.5. The molecule has 0 saturated heterocycles. The molecule has 0 aromatic heterocycles. The van der Waals surface area contributed by atoms with Crippen LogP contribution in [-0.2, 0) is 6.42 Å². The average molecular weight is 331 g/mol. The number of halogens is 1. The first-order valence-electron chi connectivity index (χ1n) is 7.82. The Balaban J connectivity index is 0.00000192. The van der Waals surface area contributed by atoms with Crippen LogP contribution in [0.1, 0.15) is 38.7 Å². The third kappa shape index (κ3) is 3.74. The molecule has 3 rings (SSSR count). The largest absolute Gasteiger partial charge is 0.350 e. The number of benzene rings is 2. The summed E-state index contributed by atoms with van der Waals surface area (Å²) in [6, 6.07) is 14.6. The third-order valence-electron chi connectivity index (χ3n) is 4.39. The van der Waals surface area contributed by atoms with E-state index in [4.69, 9.17) is 0 Å². The van der Waals surface area contributed by atoms with E-state index in [1.165, 1.54) is 11.1 Å². The molecule has 0 radical (unpaired) electrons. The fraction of sp³-hybridized carbons (Fsp3) is 0.316. The van der Waals surface area contributed by atoms with Crippen molar-refractivity contribution in [3.05, 3.63) is 70.3 Å². The molecule has 0 saturated carbocycles. The Hall–Kier alpha value is -1.84. The molecule has 0 fully saturated rings. The quantitative estimate of drug-likeness (QED) is 0.906. The fourth-order valence-corrected chi connectivity index (χ4v) is 3.23. The minimum absolute atomic E-state index is 0. The summed E-state index contributed by atoms with van der Waals surface area (Å²) >= 11 is 0. The molecule has 0 spiro atoms. The first-order chi connectivity index (χ1) is 10.7. The highest BCUT2D eigenvalue weighted by Gasteiger charge is 2.20. The van der Waals surface area contributed by atoms with Gasteiger partial charge in [-0.05, 0) is 49.1 Å². The summed E-state index contributed by atoms with van der Waals surface area (Å²) in [5.74, 6) is 0.0143. The van der Waals surface area contributed by atoms with Gasteiger partial charge in [0, 0.05) is 18.2 Å². The summed E-state index contributed by atoms with van der Waals surface area (Å²) in [6.07, 6.45) is 1.05. The van der Waals surface area contributed by atoms with Crippen molar-refractivity contribution in [1.29, 1.82) is 0 Å². The fourth-order valence-electron chi connectivity index (χ4n) is 3.23. The van der Waals surface area contributed by atoms with Gasteiger partial charge in [0.15, 0.2) is 0 Å². The second kappa shape index (κ2) is 7.62. The second-order valence-electron chi connectivity index (χ2n) is 5.93. The number of amides is 1. The summed E-state index contributed by atoms with van der Waals surface area (Å²) in [6.45, 7) is 5.54. The van der Waals surface area contributed by atoms with E-state index in [1.807, 2.05) is 32.0 Å². The molecule has 122 valence electrons. The molecule has 3 nitrogen and oxygen atoms in total. The maximum absolute atomic E-state index is 12.5. The van der Waals surface area contributed by atoms with Crippen LogP contribution >= 0.6 is 12.4 Å². The van der Waals surface area contributed by atoms with Gasteiger partial charge in [0.25, 0.3) is 5.91 Å². The Bertz CT molecular complexity index is 679. The number of rotatable bonds is 3. The average Bonchev–Trinajstić information content (AvgIpc) is 2.52. The zero-order valence-corrected chi connectivity index (χ0v) is 14.4. The van der Waals surface area contributed by atoms with Crippen LogP contribution in [0.3, 0.4) is 0 Å². The van der Waals surface area contributed by atoms with Crippen LogP contribution < -0.4 is 10.6 Å². The summed E-state index contributed by atoms with van der Waals surface area (Å²) in [4.78, 5) is 12.5. The molecule has 2 aromatic rings. The van der Waals surface area contributed by atoms with Crippen molar-refractivity contribution in [2.75, 3.05) is 13.1 Å². The van der Waals surface area contributed by atoms with Crippen molar-refractivity contribution in [2.24, 2.45) is 0 Å². The standard InChI is InChI=1S/C19H22N2O.ClH/c1-13-6-5-7-14(2)18(13)19(22)21-12-17-16-9-4-3-8-15(16)10-11-20-17;/h3-9,17,20H,10-12H2,1-2H3,(H,21,22);1H. The Morgan fingerprint density at radius 1 is 1.13 bits per heavy atom. The van der Waals surface area contributed by atoms with Gasteiger partial charge in [-0.2, -0.15) is 0 Å². The molecule has 1 aliphatic heterocycles. The first-order valence-corrected chi connectivity index (χ1v) is 7.82. The molecule has 1 aliphatic rings. The predicted octanol–water partition coefficient (Wildman–Crippen LogP) is 3.34. The van der Waals surface area contributed by atoms with E-state index in [0.717, 1.165) is 29.7 Å². The van der Waals surface area contributed by atoms with Crippen molar-refractivity contribution in [2.45, 2.75) is 26.3 Å². The predicted molar refractivity (Wildman–Crippen MR) is 96.4 cm³/mol. The van der Waals surface area contributed by atoms with Gasteiger partial charge in [-0.1, -0.05) is 42.5 Å². The van der Waals surface area contributed by atoms with Crippen LogP contribution in [0.5, 0.6) is 0 Å². The lowest BCUT2D eigenvalue weighted by Crippen LogP contribution is -2.39. The number of fused-ring (bicyclic) bond motifs is 1. The van der Waals surface area contributed by atoms with Gasteiger partial charge in [-0.25, -0.2) is 0 Å². The number of carbonyl (C=O) groups excluding carboxylic acids is 1. The van der Waals surface area contributed by atoms with Crippen LogP contribution in [0.4, 0.5) is 0 Å². The Morgan fingerprint density at radius 2 is 1.83 bits per heavy atom. The smallest absolute Gasteiger partial charge is 0.251 e. The van der Waals surface area contributed by atoms with Crippen molar-refractivity contribution >= 4 is 18.3 Å². The molecule has 1 heterocycles. The summed E-state index contributed by atoms with van der Waals surface area (Å²) in [5.41, 5.74) is 5.53. The number of hydrogen-bond donors (Lipinski definition) is 2. The van der Waals surface area contributed by atoms with E-state index < -0.39 is 0 Å². The normalized spacial score (nSPS) is 16.2. The van der Waals surface area contributed by atoms with Crippen molar-refractivity contribution in [3.63, 3.8) is 0 Å². The lowest BCUT2D eigenvalue weighted by molar-refractivity contribution is 0.0948. The van der Waals surface area contributed by atoms with E-state index >= 15 is 0 Å². The molecule has 0 bridgehead atoms. The molecular weight excluding hydrogens is 308 g/mol. The van der Waals surface area contributed by atoms with Gasteiger partial charge in [-0.3, -0.25) is 4.79 Å². The minimum atomic E-state index is 0. The number of aryl methyl sites for hydroxylation is 2. The van der Waals surface area contributed by atoms with Crippen LogP contribution in [-0.4, -0.2) is 19.0 Å². The molecule has 1 unspecified atom stereocenters. The minimum Gasteiger partial charge on any atom is -0.350 e. The number of hydrogen-bond acceptors (Lipinski definition) is 2. The SMILES string of the molecule is Cc1cccc(C)c1C(=O)NCC1NCCc2ccccc21.Cl. The topological polar surface area (TPSA) is 41.1 Å². The summed E-state index contributed by atoms with van der Waals surface area (Å²) < 4.78 is 0. The molecule has 23 heavy (non-hydrogen) atoms. The van der Waals surface area contributed by atoms with Gasteiger partial charge in [0.05, 0.1) is 0 Å². The highest BCUT2D eigenvalue weighted by Crippen LogP contribution is 2.22. The van der Waals surface area contributed by atoms with Gasteiger partial charge < -0.3 is 10.6 Å². The van der Waals surface area contributed by atoms with Gasteiger partial charge in [0.2, 0.25) is 0 Å². The summed E-state index contributed by atoms with van der Waals surface area (Å²) in [7, 11) is 0. The van der Waals surface area contributed by atoms with Crippen molar-refractivity contribution in [3.8, 4) is 0 Å². The van der Waals surface area contributed by atoms with Gasteiger partial charge in [-0.15, -0.1) is 12.4 Å². The Morgan fingerprint density at radius 3 is 2.57 bits per heavy atom. The first kappa shape index (κ1) is 17.5. The highest BCUT2D eigenvalue weighted by molar-refractivity contribution is 5.97.